The third-order valence-electron chi connectivity index (χ3n) is 3.54. The molecule has 1 aromatic heterocycles. The summed E-state index contributed by atoms with van der Waals surface area (Å²) >= 11 is 1.83. The number of thiophene rings is 1. The van der Waals surface area contributed by atoms with Crippen molar-refractivity contribution < 1.29 is 9.90 Å². The molecule has 4 heteroatoms. The van der Waals surface area contributed by atoms with Crippen LogP contribution in [0.4, 0.5) is 0 Å². The molecule has 0 saturated carbocycles. The average Bonchev–Trinajstić information content (AvgIpc) is 2.76. The Balaban J connectivity index is 1.93. The average molecular weight is 303 g/mol. The molecule has 1 unspecified atom stereocenters. The lowest BCUT2D eigenvalue weighted by atomic mass is 10.1. The van der Waals surface area contributed by atoms with Gasteiger partial charge < -0.3 is 10.4 Å². The normalized spacial score (nSPS) is 12.3. The van der Waals surface area contributed by atoms with E-state index in [1.807, 2.05) is 35.6 Å². The predicted octanol–water partition coefficient (Wildman–Crippen LogP) is 3.84. The monoisotopic (exact) mass is 303 g/mol. The molecule has 0 aliphatic rings. The Bertz CT molecular complexity index is 616. The molecule has 1 heterocycles. The summed E-state index contributed by atoms with van der Waals surface area (Å²) in [6.45, 7) is 7.25. The van der Waals surface area contributed by atoms with Crippen molar-refractivity contribution in [2.24, 2.45) is 0 Å². The van der Waals surface area contributed by atoms with Crippen molar-refractivity contribution in [2.45, 2.75) is 39.8 Å². The fourth-order valence-corrected chi connectivity index (χ4v) is 3.43. The van der Waals surface area contributed by atoms with E-state index < -0.39 is 5.97 Å². The Morgan fingerprint density at radius 1 is 1.24 bits per heavy atom. The molecule has 0 saturated heterocycles. The Labute approximate surface area is 129 Å². The summed E-state index contributed by atoms with van der Waals surface area (Å²) < 4.78 is 0. The van der Waals surface area contributed by atoms with Crippen molar-refractivity contribution in [2.75, 3.05) is 0 Å². The van der Waals surface area contributed by atoms with Crippen molar-refractivity contribution in [3.05, 3.63) is 56.8 Å². The highest BCUT2D eigenvalue weighted by Gasteiger charge is 2.10. The van der Waals surface area contributed by atoms with E-state index in [2.05, 4.69) is 32.2 Å². The molecule has 0 aliphatic heterocycles. The van der Waals surface area contributed by atoms with E-state index in [0.717, 1.165) is 12.1 Å². The molecule has 1 atom stereocenters. The molecular weight excluding hydrogens is 282 g/mol. The van der Waals surface area contributed by atoms with Crippen LogP contribution in [0.5, 0.6) is 0 Å². The topological polar surface area (TPSA) is 49.3 Å². The summed E-state index contributed by atoms with van der Waals surface area (Å²) in [6.07, 6.45) is 0.0808. The van der Waals surface area contributed by atoms with Crippen LogP contribution < -0.4 is 5.32 Å². The molecule has 1 aromatic carbocycles. The third-order valence-corrected chi connectivity index (χ3v) is 4.52. The molecule has 21 heavy (non-hydrogen) atoms. The highest BCUT2D eigenvalue weighted by molar-refractivity contribution is 7.12. The van der Waals surface area contributed by atoms with Crippen molar-refractivity contribution >= 4 is 17.3 Å². The van der Waals surface area contributed by atoms with E-state index in [1.54, 1.807) is 0 Å². The van der Waals surface area contributed by atoms with Crippen LogP contribution in [-0.2, 0) is 17.8 Å². The minimum absolute atomic E-state index is 0.0808. The minimum atomic E-state index is -0.794. The first-order valence-corrected chi connectivity index (χ1v) is 7.87. The lowest BCUT2D eigenvalue weighted by Crippen LogP contribution is -2.18. The number of aliphatic carboxylic acids is 1. The van der Waals surface area contributed by atoms with Gasteiger partial charge in [0, 0.05) is 22.3 Å². The number of benzene rings is 1. The van der Waals surface area contributed by atoms with Gasteiger partial charge in [-0.05, 0) is 43.5 Å². The van der Waals surface area contributed by atoms with Gasteiger partial charge in [0.2, 0.25) is 0 Å². The van der Waals surface area contributed by atoms with Crippen molar-refractivity contribution in [1.82, 2.24) is 5.32 Å². The summed E-state index contributed by atoms with van der Waals surface area (Å²) in [5.41, 5.74) is 3.36. The lowest BCUT2D eigenvalue weighted by Gasteiger charge is -2.14. The summed E-state index contributed by atoms with van der Waals surface area (Å²) in [7, 11) is 0. The largest absolute Gasteiger partial charge is 0.481 e. The van der Waals surface area contributed by atoms with Crippen LogP contribution in [-0.4, -0.2) is 11.1 Å². The van der Waals surface area contributed by atoms with Crippen LogP contribution in [0.15, 0.2) is 30.3 Å². The van der Waals surface area contributed by atoms with Crippen molar-refractivity contribution in [3.63, 3.8) is 0 Å². The van der Waals surface area contributed by atoms with E-state index in [1.165, 1.54) is 20.9 Å². The molecule has 2 N–H and O–H groups in total. The highest BCUT2D eigenvalue weighted by atomic mass is 32.1. The van der Waals surface area contributed by atoms with Gasteiger partial charge in [-0.2, -0.15) is 0 Å². The van der Waals surface area contributed by atoms with Crippen LogP contribution >= 0.6 is 11.3 Å². The number of hydrogen-bond acceptors (Lipinski definition) is 3. The van der Waals surface area contributed by atoms with Gasteiger partial charge >= 0.3 is 5.97 Å². The maximum atomic E-state index is 10.6. The van der Waals surface area contributed by atoms with Gasteiger partial charge in [-0.15, -0.1) is 11.3 Å². The van der Waals surface area contributed by atoms with Gasteiger partial charge in [0.1, 0.15) is 0 Å². The molecule has 112 valence electrons. The number of carbonyl (C=O) groups is 1. The second-order valence-corrected chi connectivity index (χ2v) is 6.82. The SMILES string of the molecule is Cc1cc(C(C)NCc2ccc(CC(=O)O)cc2)c(C)s1. The molecule has 0 amide bonds. The highest BCUT2D eigenvalue weighted by Crippen LogP contribution is 2.26. The number of hydrogen-bond donors (Lipinski definition) is 2. The molecular formula is C17H21NO2S. The first-order chi connectivity index (χ1) is 9.95. The second-order valence-electron chi connectivity index (χ2n) is 5.36. The quantitative estimate of drug-likeness (QED) is 0.852. The zero-order chi connectivity index (χ0) is 15.4. The van der Waals surface area contributed by atoms with E-state index in [0.29, 0.717) is 6.04 Å². The van der Waals surface area contributed by atoms with Gasteiger partial charge in [-0.1, -0.05) is 24.3 Å². The molecule has 3 nitrogen and oxygen atoms in total. The molecule has 0 spiro atoms. The Hall–Kier alpha value is -1.65. The van der Waals surface area contributed by atoms with E-state index in [9.17, 15) is 4.79 Å². The smallest absolute Gasteiger partial charge is 0.307 e. The molecule has 0 aliphatic carbocycles. The second kappa shape index (κ2) is 6.87. The van der Waals surface area contributed by atoms with Crippen LogP contribution in [0.2, 0.25) is 0 Å². The summed E-state index contributed by atoms with van der Waals surface area (Å²) in [5.74, 6) is -0.794. The van der Waals surface area contributed by atoms with Crippen LogP contribution in [0.1, 0.15) is 39.4 Å². The van der Waals surface area contributed by atoms with Crippen LogP contribution in [0.25, 0.3) is 0 Å². The van der Waals surface area contributed by atoms with E-state index in [-0.39, 0.29) is 6.42 Å². The molecule has 0 fully saturated rings. The zero-order valence-corrected chi connectivity index (χ0v) is 13.5. The Morgan fingerprint density at radius 3 is 2.38 bits per heavy atom. The Morgan fingerprint density at radius 2 is 1.86 bits per heavy atom. The van der Waals surface area contributed by atoms with E-state index in [4.69, 9.17) is 5.11 Å². The fourth-order valence-electron chi connectivity index (χ4n) is 2.41. The maximum absolute atomic E-state index is 10.6. The Kier molecular flexibility index (Phi) is 5.15. The maximum Gasteiger partial charge on any atom is 0.307 e. The van der Waals surface area contributed by atoms with Gasteiger partial charge in [-0.25, -0.2) is 0 Å². The fraction of sp³-hybridized carbons (Fsp3) is 0.353. The summed E-state index contributed by atoms with van der Waals surface area (Å²) in [5, 5.41) is 12.3. The van der Waals surface area contributed by atoms with Crippen LogP contribution in [0, 0.1) is 13.8 Å². The van der Waals surface area contributed by atoms with Gasteiger partial charge in [0.05, 0.1) is 6.42 Å². The van der Waals surface area contributed by atoms with Gasteiger partial charge in [0.25, 0.3) is 0 Å². The predicted molar refractivity (Wildman–Crippen MR) is 86.8 cm³/mol. The first-order valence-electron chi connectivity index (χ1n) is 7.05. The molecule has 2 aromatic rings. The van der Waals surface area contributed by atoms with Crippen molar-refractivity contribution in [3.8, 4) is 0 Å². The van der Waals surface area contributed by atoms with Gasteiger partial charge in [0.15, 0.2) is 0 Å². The number of rotatable bonds is 6. The first kappa shape index (κ1) is 15.7. The molecule has 0 bridgehead atoms. The summed E-state index contributed by atoms with van der Waals surface area (Å²) in [4.78, 5) is 13.4. The number of carboxylic acids is 1. The van der Waals surface area contributed by atoms with Crippen molar-refractivity contribution in [1.29, 1.82) is 0 Å². The molecule has 2 rings (SSSR count). The number of nitrogens with one attached hydrogen (secondary N) is 1. The summed E-state index contributed by atoms with van der Waals surface area (Å²) in [6, 6.07) is 10.3. The zero-order valence-electron chi connectivity index (χ0n) is 12.6. The standard InChI is InChI=1S/C17H21NO2S/c1-11-8-16(13(3)21-11)12(2)18-10-15-6-4-14(5-7-15)9-17(19)20/h4-8,12,18H,9-10H2,1-3H3,(H,19,20). The van der Waals surface area contributed by atoms with Gasteiger partial charge in [-0.3, -0.25) is 4.79 Å². The van der Waals surface area contributed by atoms with E-state index >= 15 is 0 Å². The number of aryl methyl sites for hydroxylation is 2. The van der Waals surface area contributed by atoms with Crippen LogP contribution in [0.3, 0.4) is 0 Å². The molecule has 0 radical (unpaired) electrons. The third kappa shape index (κ3) is 4.41. The lowest BCUT2D eigenvalue weighted by molar-refractivity contribution is -0.136. The number of carboxylic acid groups (broad SMARTS) is 1. The minimum Gasteiger partial charge on any atom is -0.481 e.